The highest BCUT2D eigenvalue weighted by molar-refractivity contribution is 7.89. The van der Waals surface area contributed by atoms with Gasteiger partial charge in [0.25, 0.3) is 5.69 Å². The van der Waals surface area contributed by atoms with Crippen LogP contribution in [-0.4, -0.2) is 32.6 Å². The van der Waals surface area contributed by atoms with Crippen molar-refractivity contribution in [3.8, 4) is 0 Å². The molecule has 0 saturated heterocycles. The molecule has 1 aliphatic carbocycles. The van der Waals surface area contributed by atoms with Crippen LogP contribution in [0, 0.1) is 24.0 Å². The summed E-state index contributed by atoms with van der Waals surface area (Å²) >= 11 is 0. The molecule has 0 unspecified atom stereocenters. The van der Waals surface area contributed by atoms with Crippen LogP contribution in [0.25, 0.3) is 0 Å². The highest BCUT2D eigenvalue weighted by atomic mass is 32.2. The normalized spacial score (nSPS) is 16.1. The van der Waals surface area contributed by atoms with Gasteiger partial charge in [-0.15, -0.1) is 0 Å². The van der Waals surface area contributed by atoms with E-state index in [4.69, 9.17) is 4.74 Å². The maximum atomic E-state index is 12.5. The highest BCUT2D eigenvalue weighted by Gasteiger charge is 2.22. The zero-order valence-corrected chi connectivity index (χ0v) is 15.6. The van der Waals surface area contributed by atoms with Gasteiger partial charge in [-0.25, -0.2) is 13.1 Å². The van der Waals surface area contributed by atoms with Gasteiger partial charge < -0.3 is 4.74 Å². The molecule has 25 heavy (non-hydrogen) atoms. The average molecular weight is 370 g/mol. The van der Waals surface area contributed by atoms with Gasteiger partial charge in [0.05, 0.1) is 15.9 Å². The molecule has 0 aliphatic heterocycles. The van der Waals surface area contributed by atoms with Crippen molar-refractivity contribution in [2.75, 3.05) is 13.2 Å². The van der Waals surface area contributed by atoms with Crippen molar-refractivity contribution >= 4 is 15.7 Å². The van der Waals surface area contributed by atoms with Crippen LogP contribution in [0.5, 0.6) is 0 Å². The van der Waals surface area contributed by atoms with Crippen molar-refractivity contribution in [3.63, 3.8) is 0 Å². The summed E-state index contributed by atoms with van der Waals surface area (Å²) in [5.41, 5.74) is 0.885. The largest absolute Gasteiger partial charge is 0.378 e. The van der Waals surface area contributed by atoms with Gasteiger partial charge in [-0.2, -0.15) is 0 Å². The van der Waals surface area contributed by atoms with E-state index in [1.54, 1.807) is 13.8 Å². The van der Waals surface area contributed by atoms with Crippen molar-refractivity contribution in [1.82, 2.24) is 4.72 Å². The second-order valence-electron chi connectivity index (χ2n) is 6.53. The first-order chi connectivity index (χ1) is 11.8. The molecule has 1 saturated carbocycles. The van der Waals surface area contributed by atoms with Crippen molar-refractivity contribution in [2.24, 2.45) is 0 Å². The Hall–Kier alpha value is -1.51. The third kappa shape index (κ3) is 5.49. The SMILES string of the molecule is Cc1cc([N+](=O)[O-])cc(S(=O)(=O)NCCCOC2CCCCC2)c1C. The minimum absolute atomic E-state index is 0.0348. The molecular weight excluding hydrogens is 344 g/mol. The summed E-state index contributed by atoms with van der Waals surface area (Å²) in [4.78, 5) is 10.4. The Morgan fingerprint density at radius 1 is 1.24 bits per heavy atom. The second kappa shape index (κ2) is 8.73. The van der Waals surface area contributed by atoms with E-state index in [-0.39, 0.29) is 17.1 Å². The number of hydrogen-bond acceptors (Lipinski definition) is 5. The van der Waals surface area contributed by atoms with Crippen LogP contribution < -0.4 is 4.72 Å². The van der Waals surface area contributed by atoms with Crippen molar-refractivity contribution in [1.29, 1.82) is 0 Å². The molecule has 1 aromatic carbocycles. The minimum atomic E-state index is -3.78. The Labute approximate surface area is 149 Å². The summed E-state index contributed by atoms with van der Waals surface area (Å²) < 4.78 is 33.2. The molecular formula is C17H26N2O5S. The van der Waals surface area contributed by atoms with E-state index in [1.165, 1.54) is 25.3 Å². The van der Waals surface area contributed by atoms with Crippen molar-refractivity contribution < 1.29 is 18.1 Å². The summed E-state index contributed by atoms with van der Waals surface area (Å²) in [5.74, 6) is 0. The number of benzene rings is 1. The Bertz CT molecular complexity index is 712. The molecule has 0 radical (unpaired) electrons. The van der Waals surface area contributed by atoms with E-state index in [0.717, 1.165) is 18.9 Å². The van der Waals surface area contributed by atoms with Crippen LogP contribution in [0.3, 0.4) is 0 Å². The van der Waals surface area contributed by atoms with Crippen molar-refractivity contribution in [3.05, 3.63) is 33.4 Å². The predicted molar refractivity (Wildman–Crippen MR) is 95.2 cm³/mol. The molecule has 1 aliphatic rings. The molecule has 7 nitrogen and oxygen atoms in total. The van der Waals surface area contributed by atoms with E-state index in [1.807, 2.05) is 0 Å². The number of rotatable bonds is 8. The third-order valence-corrected chi connectivity index (χ3v) is 6.21. The number of nitro benzene ring substituents is 1. The van der Waals surface area contributed by atoms with E-state index in [0.29, 0.717) is 30.3 Å². The standard InChI is InChI=1S/C17H26N2O5S/c1-13-11-15(19(20)21)12-17(14(13)2)25(22,23)18-9-6-10-24-16-7-4-3-5-8-16/h11-12,16,18H,3-10H2,1-2H3. The summed E-state index contributed by atoms with van der Waals surface area (Å²) in [5, 5.41) is 11.0. The number of nitro groups is 1. The number of nitrogens with one attached hydrogen (secondary N) is 1. The summed E-state index contributed by atoms with van der Waals surface area (Å²) in [7, 11) is -3.78. The quantitative estimate of drug-likeness (QED) is 0.430. The lowest BCUT2D eigenvalue weighted by Crippen LogP contribution is -2.27. The van der Waals surface area contributed by atoms with Crippen LogP contribution in [0.2, 0.25) is 0 Å². The molecule has 1 fully saturated rings. The number of hydrogen-bond donors (Lipinski definition) is 1. The predicted octanol–water partition coefficient (Wildman–Crippen LogP) is 3.23. The molecule has 0 aromatic heterocycles. The smallest absolute Gasteiger partial charge is 0.271 e. The fourth-order valence-corrected chi connectivity index (χ4v) is 4.44. The first kappa shape index (κ1) is 19.8. The van der Waals surface area contributed by atoms with Crippen LogP contribution >= 0.6 is 0 Å². The number of ether oxygens (including phenoxy) is 1. The van der Waals surface area contributed by atoms with Gasteiger partial charge in [0, 0.05) is 25.3 Å². The highest BCUT2D eigenvalue weighted by Crippen LogP contribution is 2.25. The monoisotopic (exact) mass is 370 g/mol. The van der Waals surface area contributed by atoms with Crippen LogP contribution in [-0.2, 0) is 14.8 Å². The van der Waals surface area contributed by atoms with E-state index in [2.05, 4.69) is 4.72 Å². The summed E-state index contributed by atoms with van der Waals surface area (Å²) in [6.07, 6.45) is 6.69. The van der Waals surface area contributed by atoms with Gasteiger partial charge in [-0.1, -0.05) is 19.3 Å². The minimum Gasteiger partial charge on any atom is -0.378 e. The zero-order valence-electron chi connectivity index (χ0n) is 14.8. The lowest BCUT2D eigenvalue weighted by molar-refractivity contribution is -0.385. The molecule has 0 amide bonds. The number of non-ortho nitro benzene ring substituents is 1. The lowest BCUT2D eigenvalue weighted by Gasteiger charge is -2.21. The Kier molecular flexibility index (Phi) is 6.92. The fraction of sp³-hybridized carbons (Fsp3) is 0.647. The fourth-order valence-electron chi connectivity index (χ4n) is 3.03. The third-order valence-electron chi connectivity index (χ3n) is 4.62. The van der Waals surface area contributed by atoms with E-state index >= 15 is 0 Å². The molecule has 140 valence electrons. The first-order valence-corrected chi connectivity index (χ1v) is 10.2. The molecule has 0 bridgehead atoms. The van der Waals surface area contributed by atoms with Gasteiger partial charge >= 0.3 is 0 Å². The Morgan fingerprint density at radius 2 is 1.92 bits per heavy atom. The van der Waals surface area contributed by atoms with Crippen LogP contribution in [0.4, 0.5) is 5.69 Å². The maximum Gasteiger partial charge on any atom is 0.271 e. The van der Waals surface area contributed by atoms with E-state index < -0.39 is 14.9 Å². The molecule has 0 atom stereocenters. The lowest BCUT2D eigenvalue weighted by atomic mass is 9.98. The molecule has 8 heteroatoms. The number of aryl methyl sites for hydroxylation is 1. The van der Waals surface area contributed by atoms with Gasteiger partial charge in [0.1, 0.15) is 0 Å². The molecule has 2 rings (SSSR count). The molecule has 1 aromatic rings. The van der Waals surface area contributed by atoms with E-state index in [9.17, 15) is 18.5 Å². The van der Waals surface area contributed by atoms with Crippen LogP contribution in [0.1, 0.15) is 49.7 Å². The molecule has 0 heterocycles. The summed E-state index contributed by atoms with van der Waals surface area (Å²) in [6.45, 7) is 4.08. The Balaban J connectivity index is 1.91. The maximum absolute atomic E-state index is 12.5. The topological polar surface area (TPSA) is 98.5 Å². The van der Waals surface area contributed by atoms with Crippen molar-refractivity contribution in [2.45, 2.75) is 63.4 Å². The van der Waals surface area contributed by atoms with Gasteiger partial charge in [0.15, 0.2) is 0 Å². The average Bonchev–Trinajstić information content (AvgIpc) is 2.57. The second-order valence-corrected chi connectivity index (χ2v) is 8.26. The Morgan fingerprint density at radius 3 is 2.56 bits per heavy atom. The summed E-state index contributed by atoms with van der Waals surface area (Å²) in [6, 6.07) is 2.50. The first-order valence-electron chi connectivity index (χ1n) is 8.68. The van der Waals surface area contributed by atoms with Gasteiger partial charge in [0.2, 0.25) is 10.0 Å². The zero-order chi connectivity index (χ0) is 18.4. The molecule has 1 N–H and O–H groups in total. The van der Waals surface area contributed by atoms with Gasteiger partial charge in [-0.05, 0) is 44.2 Å². The molecule has 0 spiro atoms. The number of nitrogens with zero attached hydrogens (tertiary/aromatic N) is 1. The number of sulfonamides is 1. The van der Waals surface area contributed by atoms with Crippen LogP contribution in [0.15, 0.2) is 17.0 Å². The van der Waals surface area contributed by atoms with Gasteiger partial charge in [-0.3, -0.25) is 10.1 Å².